The molecule has 1 aliphatic rings. The summed E-state index contributed by atoms with van der Waals surface area (Å²) < 4.78 is 5.28. The molecule has 0 radical (unpaired) electrons. The molecule has 1 aromatic carbocycles. The van der Waals surface area contributed by atoms with Gasteiger partial charge in [0.25, 0.3) is 0 Å². The number of aromatic amines is 1. The quantitative estimate of drug-likeness (QED) is 0.942. The fourth-order valence-electron chi connectivity index (χ4n) is 3.00. The van der Waals surface area contributed by atoms with Gasteiger partial charge in [-0.25, -0.2) is 0 Å². The van der Waals surface area contributed by atoms with Gasteiger partial charge in [0.2, 0.25) is 5.91 Å². The van der Waals surface area contributed by atoms with Crippen LogP contribution in [-0.2, 0) is 11.2 Å². The van der Waals surface area contributed by atoms with Crippen molar-refractivity contribution in [3.05, 3.63) is 30.0 Å². The van der Waals surface area contributed by atoms with Crippen molar-refractivity contribution in [3.63, 3.8) is 0 Å². The number of hydrogen-bond acceptors (Lipinski definition) is 3. The second-order valence-electron chi connectivity index (χ2n) is 5.94. The van der Waals surface area contributed by atoms with E-state index in [4.69, 9.17) is 4.74 Å². The smallest absolute Gasteiger partial charge is 0.227 e. The molecule has 1 saturated heterocycles. The van der Waals surface area contributed by atoms with Crippen LogP contribution in [0, 0.1) is 0 Å². The van der Waals surface area contributed by atoms with Crippen LogP contribution in [0.15, 0.2) is 24.4 Å². The van der Waals surface area contributed by atoms with Crippen molar-refractivity contribution in [2.24, 2.45) is 0 Å². The first kappa shape index (κ1) is 14.9. The normalized spacial score (nSPS) is 16.7. The van der Waals surface area contributed by atoms with Gasteiger partial charge in [-0.3, -0.25) is 4.79 Å². The molecule has 0 atom stereocenters. The van der Waals surface area contributed by atoms with Gasteiger partial charge in [-0.15, -0.1) is 0 Å². The highest BCUT2D eigenvalue weighted by atomic mass is 16.5. The molecule has 1 aliphatic heterocycles. The van der Waals surface area contributed by atoms with E-state index in [1.165, 1.54) is 0 Å². The summed E-state index contributed by atoms with van der Waals surface area (Å²) in [6.07, 6.45) is 3.42. The highest BCUT2D eigenvalue weighted by Crippen LogP contribution is 2.24. The fraction of sp³-hybridized carbons (Fsp3) is 0.471. The molecule has 3 rings (SSSR count). The number of likely N-dealkylation sites (N-methyl/N-ethyl adjacent to an activating group) is 1. The lowest BCUT2D eigenvalue weighted by Gasteiger charge is -2.20. The molecular formula is C17H23N3O2. The summed E-state index contributed by atoms with van der Waals surface area (Å²) in [4.78, 5) is 20.1. The number of H-pyrrole nitrogens is 1. The largest absolute Gasteiger partial charge is 0.497 e. The van der Waals surface area contributed by atoms with E-state index in [1.807, 2.05) is 29.3 Å². The molecule has 2 aromatic rings. The topological polar surface area (TPSA) is 48.6 Å². The molecule has 0 saturated carbocycles. The number of ether oxygens (including phenoxy) is 1. The number of amides is 1. The molecule has 2 heterocycles. The zero-order valence-corrected chi connectivity index (χ0v) is 13.3. The van der Waals surface area contributed by atoms with Gasteiger partial charge >= 0.3 is 0 Å². The Morgan fingerprint density at radius 2 is 2.14 bits per heavy atom. The predicted octanol–water partition coefficient (Wildman–Crippen LogP) is 1.88. The van der Waals surface area contributed by atoms with E-state index in [9.17, 15) is 4.79 Å². The molecular weight excluding hydrogens is 278 g/mol. The molecule has 1 amide bonds. The SMILES string of the molecule is COc1ccc2[nH]cc(CC(=O)N3CCCN(C)CC3)c2c1. The molecule has 22 heavy (non-hydrogen) atoms. The van der Waals surface area contributed by atoms with Crippen molar-refractivity contribution in [3.8, 4) is 5.75 Å². The Bertz CT molecular complexity index is 665. The third-order valence-corrected chi connectivity index (χ3v) is 4.39. The average molecular weight is 301 g/mol. The molecule has 0 spiro atoms. The number of rotatable bonds is 3. The van der Waals surface area contributed by atoms with Crippen molar-refractivity contribution in [2.75, 3.05) is 40.3 Å². The van der Waals surface area contributed by atoms with E-state index in [1.54, 1.807) is 7.11 Å². The van der Waals surface area contributed by atoms with Crippen LogP contribution in [0.1, 0.15) is 12.0 Å². The molecule has 0 aliphatic carbocycles. The third kappa shape index (κ3) is 3.09. The summed E-state index contributed by atoms with van der Waals surface area (Å²) in [5.74, 6) is 1.02. The molecule has 5 heteroatoms. The van der Waals surface area contributed by atoms with Crippen LogP contribution in [0.5, 0.6) is 5.75 Å². The highest BCUT2D eigenvalue weighted by Gasteiger charge is 2.19. The first-order valence-corrected chi connectivity index (χ1v) is 7.77. The van der Waals surface area contributed by atoms with Crippen LogP contribution in [0.3, 0.4) is 0 Å². The van der Waals surface area contributed by atoms with Gasteiger partial charge in [0.1, 0.15) is 5.75 Å². The van der Waals surface area contributed by atoms with E-state index in [0.29, 0.717) is 6.42 Å². The highest BCUT2D eigenvalue weighted by molar-refractivity contribution is 5.89. The van der Waals surface area contributed by atoms with Crippen molar-refractivity contribution >= 4 is 16.8 Å². The minimum atomic E-state index is 0.207. The van der Waals surface area contributed by atoms with Gasteiger partial charge < -0.3 is 19.5 Å². The summed E-state index contributed by atoms with van der Waals surface area (Å²) in [6, 6.07) is 5.91. The minimum Gasteiger partial charge on any atom is -0.497 e. The fourth-order valence-corrected chi connectivity index (χ4v) is 3.00. The standard InChI is InChI=1S/C17H23N3O2/c1-19-6-3-7-20(9-8-19)17(21)10-13-12-18-16-5-4-14(22-2)11-15(13)16/h4-5,11-12,18H,3,6-10H2,1-2H3. The number of fused-ring (bicyclic) bond motifs is 1. The van der Waals surface area contributed by atoms with E-state index >= 15 is 0 Å². The van der Waals surface area contributed by atoms with Gasteiger partial charge in [0.05, 0.1) is 13.5 Å². The monoisotopic (exact) mass is 301 g/mol. The summed E-state index contributed by atoms with van der Waals surface area (Å²) in [5.41, 5.74) is 2.08. The number of benzene rings is 1. The van der Waals surface area contributed by atoms with Crippen molar-refractivity contribution in [1.29, 1.82) is 0 Å². The molecule has 0 bridgehead atoms. The Morgan fingerprint density at radius 3 is 2.95 bits per heavy atom. The van der Waals surface area contributed by atoms with Crippen molar-refractivity contribution < 1.29 is 9.53 Å². The van der Waals surface area contributed by atoms with Crippen LogP contribution >= 0.6 is 0 Å². The van der Waals surface area contributed by atoms with Gasteiger partial charge in [0, 0.05) is 36.7 Å². The van der Waals surface area contributed by atoms with Gasteiger partial charge in [0.15, 0.2) is 0 Å². The number of nitrogens with zero attached hydrogens (tertiary/aromatic N) is 2. The van der Waals surface area contributed by atoms with Crippen molar-refractivity contribution in [1.82, 2.24) is 14.8 Å². The van der Waals surface area contributed by atoms with E-state index in [2.05, 4.69) is 16.9 Å². The Morgan fingerprint density at radius 1 is 1.27 bits per heavy atom. The molecule has 1 aromatic heterocycles. The second kappa shape index (κ2) is 6.40. The second-order valence-corrected chi connectivity index (χ2v) is 5.94. The van der Waals surface area contributed by atoms with Crippen LogP contribution in [0.4, 0.5) is 0 Å². The Balaban J connectivity index is 1.76. The van der Waals surface area contributed by atoms with Crippen molar-refractivity contribution in [2.45, 2.75) is 12.8 Å². The number of nitrogens with one attached hydrogen (secondary N) is 1. The van der Waals surface area contributed by atoms with E-state index in [-0.39, 0.29) is 5.91 Å². The summed E-state index contributed by atoms with van der Waals surface area (Å²) in [6.45, 7) is 3.69. The zero-order chi connectivity index (χ0) is 15.5. The van der Waals surface area contributed by atoms with E-state index in [0.717, 1.165) is 54.8 Å². The molecule has 0 unspecified atom stereocenters. The number of carbonyl (C=O) groups is 1. The number of aromatic nitrogens is 1. The Labute approximate surface area is 130 Å². The summed E-state index contributed by atoms with van der Waals surface area (Å²) in [5, 5.41) is 1.07. The molecule has 1 fully saturated rings. The van der Waals surface area contributed by atoms with E-state index < -0.39 is 0 Å². The lowest BCUT2D eigenvalue weighted by molar-refractivity contribution is -0.130. The Hall–Kier alpha value is -2.01. The first-order valence-electron chi connectivity index (χ1n) is 7.77. The molecule has 118 valence electrons. The lowest BCUT2D eigenvalue weighted by Crippen LogP contribution is -2.35. The summed E-state index contributed by atoms with van der Waals surface area (Å²) >= 11 is 0. The van der Waals surface area contributed by atoms with Crippen LogP contribution < -0.4 is 4.74 Å². The predicted molar refractivity (Wildman–Crippen MR) is 87.2 cm³/mol. The number of hydrogen-bond donors (Lipinski definition) is 1. The maximum atomic E-state index is 12.6. The van der Waals surface area contributed by atoms with Gasteiger partial charge in [-0.1, -0.05) is 0 Å². The van der Waals surface area contributed by atoms with Crippen LogP contribution in [0.25, 0.3) is 10.9 Å². The number of carbonyl (C=O) groups excluding carboxylic acids is 1. The lowest BCUT2D eigenvalue weighted by atomic mass is 10.1. The minimum absolute atomic E-state index is 0.207. The average Bonchev–Trinajstić information content (AvgIpc) is 2.78. The van der Waals surface area contributed by atoms with Crippen LogP contribution in [-0.4, -0.2) is 61.0 Å². The number of methoxy groups -OCH3 is 1. The third-order valence-electron chi connectivity index (χ3n) is 4.39. The molecule has 5 nitrogen and oxygen atoms in total. The van der Waals surface area contributed by atoms with Gasteiger partial charge in [-0.2, -0.15) is 0 Å². The maximum absolute atomic E-state index is 12.6. The Kier molecular flexibility index (Phi) is 4.34. The maximum Gasteiger partial charge on any atom is 0.227 e. The summed E-state index contributed by atoms with van der Waals surface area (Å²) in [7, 11) is 3.77. The molecule has 1 N–H and O–H groups in total. The first-order chi connectivity index (χ1) is 10.7. The van der Waals surface area contributed by atoms with Crippen LogP contribution in [0.2, 0.25) is 0 Å². The van der Waals surface area contributed by atoms with Gasteiger partial charge in [-0.05, 0) is 43.8 Å². The zero-order valence-electron chi connectivity index (χ0n) is 13.3.